The molecule has 1 aliphatic carbocycles. The number of hydrogen-bond acceptors (Lipinski definition) is 1. The van der Waals surface area contributed by atoms with E-state index in [1.807, 2.05) is 0 Å². The van der Waals surface area contributed by atoms with Crippen molar-refractivity contribution in [1.29, 1.82) is 0 Å². The standard InChI is InChI=1S/C18H17N/c1-3-16-8-5-9-18(19-16)15-10-11-17-13(2)6-4-7-14(17)12-15/h4-5,7-12H,2-3,6H2,1H3. The van der Waals surface area contributed by atoms with Crippen molar-refractivity contribution in [2.75, 3.05) is 0 Å². The minimum atomic E-state index is 0.954. The van der Waals surface area contributed by atoms with Gasteiger partial charge in [0.1, 0.15) is 0 Å². The second-order valence-electron chi connectivity index (χ2n) is 4.88. The minimum absolute atomic E-state index is 0.954. The van der Waals surface area contributed by atoms with E-state index in [0.717, 1.165) is 24.2 Å². The van der Waals surface area contributed by atoms with Gasteiger partial charge in [-0.3, -0.25) is 4.98 Å². The maximum Gasteiger partial charge on any atom is 0.0705 e. The molecule has 1 heteroatoms. The van der Waals surface area contributed by atoms with Gasteiger partial charge in [0.25, 0.3) is 0 Å². The third-order valence-corrected chi connectivity index (χ3v) is 3.56. The van der Waals surface area contributed by atoms with E-state index in [2.05, 4.69) is 67.0 Å². The lowest BCUT2D eigenvalue weighted by atomic mass is 9.91. The van der Waals surface area contributed by atoms with E-state index in [0.29, 0.717) is 0 Å². The highest BCUT2D eigenvalue weighted by Gasteiger charge is 2.09. The number of allylic oxidation sites excluding steroid dienone is 2. The molecule has 0 spiro atoms. The number of pyridine rings is 1. The predicted molar refractivity (Wildman–Crippen MR) is 81.7 cm³/mol. The lowest BCUT2D eigenvalue weighted by molar-refractivity contribution is 1.04. The summed E-state index contributed by atoms with van der Waals surface area (Å²) in [5.41, 5.74) is 7.06. The highest BCUT2D eigenvalue weighted by atomic mass is 14.7. The molecular formula is C18H17N. The van der Waals surface area contributed by atoms with Crippen LogP contribution in [0.25, 0.3) is 22.9 Å². The average Bonchev–Trinajstić information content (AvgIpc) is 2.47. The molecule has 94 valence electrons. The van der Waals surface area contributed by atoms with Gasteiger partial charge in [-0.05, 0) is 47.7 Å². The van der Waals surface area contributed by atoms with Crippen molar-refractivity contribution in [3.63, 3.8) is 0 Å². The third-order valence-electron chi connectivity index (χ3n) is 3.56. The van der Waals surface area contributed by atoms with Gasteiger partial charge < -0.3 is 0 Å². The predicted octanol–water partition coefficient (Wildman–Crippen LogP) is 4.74. The number of benzene rings is 1. The van der Waals surface area contributed by atoms with Crippen LogP contribution in [0.2, 0.25) is 0 Å². The first-order chi connectivity index (χ1) is 9.28. The topological polar surface area (TPSA) is 12.9 Å². The summed E-state index contributed by atoms with van der Waals surface area (Å²) in [6.45, 7) is 6.25. The van der Waals surface area contributed by atoms with E-state index < -0.39 is 0 Å². The molecule has 0 saturated carbocycles. The first kappa shape index (κ1) is 11.9. The normalized spacial score (nSPS) is 13.4. The van der Waals surface area contributed by atoms with Gasteiger partial charge in [0.15, 0.2) is 0 Å². The SMILES string of the molecule is C=C1CC=Cc2cc(-c3cccc(CC)n3)ccc21. The van der Waals surface area contributed by atoms with E-state index in [1.54, 1.807) is 0 Å². The third kappa shape index (κ3) is 2.24. The van der Waals surface area contributed by atoms with Crippen LogP contribution >= 0.6 is 0 Å². The number of nitrogens with zero attached hydrogens (tertiary/aromatic N) is 1. The van der Waals surface area contributed by atoms with Crippen molar-refractivity contribution < 1.29 is 0 Å². The molecular weight excluding hydrogens is 230 g/mol. The molecule has 0 aliphatic heterocycles. The molecule has 0 unspecified atom stereocenters. The van der Waals surface area contributed by atoms with Crippen LogP contribution in [0.4, 0.5) is 0 Å². The van der Waals surface area contributed by atoms with Gasteiger partial charge in [0, 0.05) is 11.3 Å². The molecule has 1 heterocycles. The van der Waals surface area contributed by atoms with Gasteiger partial charge in [0.2, 0.25) is 0 Å². The fourth-order valence-corrected chi connectivity index (χ4v) is 2.46. The van der Waals surface area contributed by atoms with Crippen molar-refractivity contribution in [1.82, 2.24) is 4.98 Å². The number of aryl methyl sites for hydroxylation is 1. The summed E-state index contributed by atoms with van der Waals surface area (Å²) >= 11 is 0. The molecule has 1 aliphatic rings. The van der Waals surface area contributed by atoms with Gasteiger partial charge >= 0.3 is 0 Å². The van der Waals surface area contributed by atoms with E-state index in [1.165, 1.54) is 22.3 Å². The molecule has 19 heavy (non-hydrogen) atoms. The Balaban J connectivity index is 2.07. The van der Waals surface area contributed by atoms with E-state index in [4.69, 9.17) is 0 Å². The quantitative estimate of drug-likeness (QED) is 0.746. The Bertz CT molecular complexity index is 665. The first-order valence-electron chi connectivity index (χ1n) is 6.73. The van der Waals surface area contributed by atoms with Crippen LogP contribution in [0.15, 0.2) is 49.1 Å². The molecule has 3 rings (SSSR count). The average molecular weight is 247 g/mol. The number of rotatable bonds is 2. The monoisotopic (exact) mass is 247 g/mol. The number of hydrogen-bond donors (Lipinski definition) is 0. The molecule has 2 aromatic rings. The lowest BCUT2D eigenvalue weighted by Crippen LogP contribution is -1.94. The second-order valence-corrected chi connectivity index (χ2v) is 4.88. The summed E-state index contributed by atoms with van der Waals surface area (Å²) in [6.07, 6.45) is 6.27. The Morgan fingerprint density at radius 3 is 2.95 bits per heavy atom. The van der Waals surface area contributed by atoms with Crippen molar-refractivity contribution in [2.24, 2.45) is 0 Å². The van der Waals surface area contributed by atoms with Crippen LogP contribution in [-0.4, -0.2) is 4.98 Å². The maximum atomic E-state index is 4.68. The molecule has 1 aromatic heterocycles. The van der Waals surface area contributed by atoms with Crippen LogP contribution in [0, 0.1) is 0 Å². The Labute approximate surface area is 114 Å². The van der Waals surface area contributed by atoms with Crippen LogP contribution < -0.4 is 0 Å². The molecule has 0 radical (unpaired) electrons. The molecule has 0 bridgehead atoms. The van der Waals surface area contributed by atoms with Crippen LogP contribution in [-0.2, 0) is 6.42 Å². The molecule has 1 aromatic carbocycles. The van der Waals surface area contributed by atoms with Gasteiger partial charge in [0.05, 0.1) is 5.69 Å². The summed E-state index contributed by atoms with van der Waals surface area (Å²) in [5.74, 6) is 0. The van der Waals surface area contributed by atoms with Gasteiger partial charge in [-0.15, -0.1) is 0 Å². The number of aromatic nitrogens is 1. The smallest absolute Gasteiger partial charge is 0.0705 e. The largest absolute Gasteiger partial charge is 0.253 e. The van der Waals surface area contributed by atoms with Gasteiger partial charge in [-0.2, -0.15) is 0 Å². The fraction of sp³-hybridized carbons (Fsp3) is 0.167. The van der Waals surface area contributed by atoms with E-state index in [9.17, 15) is 0 Å². The zero-order valence-electron chi connectivity index (χ0n) is 11.2. The summed E-state index contributed by atoms with van der Waals surface area (Å²) in [5, 5.41) is 0. The molecule has 0 fully saturated rings. The number of fused-ring (bicyclic) bond motifs is 1. The Kier molecular flexibility index (Phi) is 3.04. The van der Waals surface area contributed by atoms with Gasteiger partial charge in [-0.25, -0.2) is 0 Å². The fourth-order valence-electron chi connectivity index (χ4n) is 2.46. The van der Waals surface area contributed by atoms with Crippen LogP contribution in [0.1, 0.15) is 30.2 Å². The second kappa shape index (κ2) is 4.85. The van der Waals surface area contributed by atoms with Crippen molar-refractivity contribution in [2.45, 2.75) is 19.8 Å². The van der Waals surface area contributed by atoms with Crippen molar-refractivity contribution in [3.8, 4) is 11.3 Å². The molecule has 0 atom stereocenters. The van der Waals surface area contributed by atoms with E-state index >= 15 is 0 Å². The maximum absolute atomic E-state index is 4.68. The van der Waals surface area contributed by atoms with Crippen LogP contribution in [0.5, 0.6) is 0 Å². The Morgan fingerprint density at radius 2 is 2.11 bits per heavy atom. The lowest BCUT2D eigenvalue weighted by Gasteiger charge is -2.14. The summed E-state index contributed by atoms with van der Waals surface area (Å²) in [4.78, 5) is 4.68. The Hall–Kier alpha value is -2.15. The molecule has 1 nitrogen and oxygen atoms in total. The van der Waals surface area contributed by atoms with E-state index in [-0.39, 0.29) is 0 Å². The zero-order valence-corrected chi connectivity index (χ0v) is 11.2. The molecule has 0 saturated heterocycles. The van der Waals surface area contributed by atoms with Gasteiger partial charge in [-0.1, -0.05) is 43.9 Å². The molecule has 0 amide bonds. The first-order valence-corrected chi connectivity index (χ1v) is 6.73. The molecule has 0 N–H and O–H groups in total. The highest BCUT2D eigenvalue weighted by molar-refractivity contribution is 5.80. The minimum Gasteiger partial charge on any atom is -0.253 e. The van der Waals surface area contributed by atoms with Crippen molar-refractivity contribution in [3.05, 3.63) is 65.9 Å². The van der Waals surface area contributed by atoms with Crippen molar-refractivity contribution >= 4 is 11.6 Å². The summed E-state index contributed by atoms with van der Waals surface area (Å²) in [7, 11) is 0. The summed E-state index contributed by atoms with van der Waals surface area (Å²) in [6, 6.07) is 12.7. The zero-order chi connectivity index (χ0) is 13.2. The summed E-state index contributed by atoms with van der Waals surface area (Å²) < 4.78 is 0. The van der Waals surface area contributed by atoms with Crippen LogP contribution in [0.3, 0.4) is 0 Å². The highest BCUT2D eigenvalue weighted by Crippen LogP contribution is 2.30. The Morgan fingerprint density at radius 1 is 1.21 bits per heavy atom.